The van der Waals surface area contributed by atoms with E-state index in [1.54, 1.807) is 0 Å². The van der Waals surface area contributed by atoms with Crippen molar-refractivity contribution in [3.8, 4) is 0 Å². The van der Waals surface area contributed by atoms with Crippen LogP contribution in [-0.2, 0) is 16.1 Å². The first kappa shape index (κ1) is 10.2. The molecule has 0 saturated carbocycles. The maximum absolute atomic E-state index is 5.41. The van der Waals surface area contributed by atoms with Gasteiger partial charge in [-0.25, -0.2) is 0 Å². The van der Waals surface area contributed by atoms with E-state index in [0.717, 1.165) is 5.56 Å². The van der Waals surface area contributed by atoms with Gasteiger partial charge in [-0.1, -0.05) is 30.3 Å². The van der Waals surface area contributed by atoms with Gasteiger partial charge in [0.15, 0.2) is 6.29 Å². The zero-order valence-corrected chi connectivity index (χ0v) is 7.90. The van der Waals surface area contributed by atoms with Crippen molar-refractivity contribution in [3.63, 3.8) is 0 Å². The lowest BCUT2D eigenvalue weighted by atomic mass is 10.2. The lowest BCUT2D eigenvalue weighted by molar-refractivity contribution is -0.130. The van der Waals surface area contributed by atoms with Crippen LogP contribution in [0.5, 0.6) is 0 Å². The van der Waals surface area contributed by atoms with E-state index in [0.29, 0.717) is 13.2 Å². The first-order chi connectivity index (χ1) is 6.33. The quantitative estimate of drug-likeness (QED) is 0.646. The fourth-order valence-electron chi connectivity index (χ4n) is 1.00. The Balaban J connectivity index is 2.27. The van der Waals surface area contributed by atoms with Crippen molar-refractivity contribution >= 4 is 0 Å². The monoisotopic (exact) mass is 179 g/mol. The molecule has 0 bridgehead atoms. The van der Waals surface area contributed by atoms with Crippen LogP contribution < -0.4 is 0 Å². The first-order valence-corrected chi connectivity index (χ1v) is 4.39. The number of ether oxygens (including phenoxy) is 2. The molecule has 0 N–H and O–H groups in total. The summed E-state index contributed by atoms with van der Waals surface area (Å²) in [6.45, 7) is 6.47. The second kappa shape index (κ2) is 5.73. The normalized spacial score (nSPS) is 12.8. The number of hydrogen-bond acceptors (Lipinski definition) is 2. The highest BCUT2D eigenvalue weighted by molar-refractivity contribution is 5.13. The molecule has 0 aromatic heterocycles. The molecule has 1 radical (unpaired) electrons. The molecule has 0 spiro atoms. The molecule has 0 saturated heterocycles. The molecular formula is C11H15O2. The van der Waals surface area contributed by atoms with Crippen LogP contribution >= 0.6 is 0 Å². The lowest BCUT2D eigenvalue weighted by Gasteiger charge is -2.12. The van der Waals surface area contributed by atoms with E-state index in [2.05, 4.69) is 6.92 Å². The highest BCUT2D eigenvalue weighted by Crippen LogP contribution is 2.03. The Morgan fingerprint density at radius 1 is 1.23 bits per heavy atom. The van der Waals surface area contributed by atoms with Crippen LogP contribution in [0.3, 0.4) is 0 Å². The Morgan fingerprint density at radius 3 is 2.54 bits per heavy atom. The molecule has 0 aliphatic rings. The summed E-state index contributed by atoms with van der Waals surface area (Å²) < 4.78 is 10.5. The Hall–Kier alpha value is -0.860. The minimum absolute atomic E-state index is 0.183. The predicted octanol–water partition coefficient (Wildman–Crippen LogP) is 2.40. The molecule has 71 valence electrons. The van der Waals surface area contributed by atoms with Gasteiger partial charge in [0.25, 0.3) is 0 Å². The summed E-state index contributed by atoms with van der Waals surface area (Å²) in [6.07, 6.45) is -0.183. The third kappa shape index (κ3) is 4.06. The summed E-state index contributed by atoms with van der Waals surface area (Å²) in [5, 5.41) is 0. The standard InChI is InChI=1S/C11H15O2/c1-3-12-10(2)13-9-11-7-5-4-6-8-11/h4-8,10H,1,3,9H2,2H3. The predicted molar refractivity (Wildman–Crippen MR) is 52.0 cm³/mol. The molecule has 0 heterocycles. The van der Waals surface area contributed by atoms with E-state index >= 15 is 0 Å². The van der Waals surface area contributed by atoms with Crippen molar-refractivity contribution < 1.29 is 9.47 Å². The van der Waals surface area contributed by atoms with Crippen molar-refractivity contribution in [2.75, 3.05) is 6.61 Å². The molecule has 0 amide bonds. The van der Waals surface area contributed by atoms with E-state index in [1.807, 2.05) is 37.3 Å². The molecular weight excluding hydrogens is 164 g/mol. The van der Waals surface area contributed by atoms with Gasteiger partial charge < -0.3 is 9.47 Å². The van der Waals surface area contributed by atoms with Crippen LogP contribution in [-0.4, -0.2) is 12.9 Å². The van der Waals surface area contributed by atoms with Gasteiger partial charge in [0.2, 0.25) is 0 Å². The highest BCUT2D eigenvalue weighted by atomic mass is 16.7. The highest BCUT2D eigenvalue weighted by Gasteiger charge is 1.99. The van der Waals surface area contributed by atoms with Crippen molar-refractivity contribution in [2.24, 2.45) is 0 Å². The van der Waals surface area contributed by atoms with E-state index in [1.165, 1.54) is 0 Å². The molecule has 1 atom stereocenters. The van der Waals surface area contributed by atoms with Gasteiger partial charge in [-0.05, 0) is 19.4 Å². The van der Waals surface area contributed by atoms with Crippen molar-refractivity contribution in [2.45, 2.75) is 19.8 Å². The van der Waals surface area contributed by atoms with Gasteiger partial charge >= 0.3 is 0 Å². The molecule has 1 unspecified atom stereocenters. The first-order valence-electron chi connectivity index (χ1n) is 4.39. The van der Waals surface area contributed by atoms with Gasteiger partial charge in [0.1, 0.15) is 0 Å². The second-order valence-corrected chi connectivity index (χ2v) is 2.74. The van der Waals surface area contributed by atoms with Crippen LogP contribution in [0.15, 0.2) is 30.3 Å². The number of rotatable bonds is 5. The summed E-state index contributed by atoms with van der Waals surface area (Å²) >= 11 is 0. The molecule has 0 aliphatic heterocycles. The zero-order valence-electron chi connectivity index (χ0n) is 7.90. The summed E-state index contributed by atoms with van der Waals surface area (Å²) in [7, 11) is 0. The SMILES string of the molecule is [CH2]COC(C)OCc1ccccc1. The minimum atomic E-state index is -0.183. The zero-order chi connectivity index (χ0) is 9.52. The average Bonchev–Trinajstić information content (AvgIpc) is 2.17. The topological polar surface area (TPSA) is 18.5 Å². The summed E-state index contributed by atoms with van der Waals surface area (Å²) in [5.41, 5.74) is 1.15. The van der Waals surface area contributed by atoms with Crippen LogP contribution in [0, 0.1) is 6.92 Å². The summed E-state index contributed by atoms with van der Waals surface area (Å²) in [6, 6.07) is 10.0. The molecule has 1 aromatic rings. The Kier molecular flexibility index (Phi) is 4.50. The lowest BCUT2D eigenvalue weighted by Crippen LogP contribution is -2.12. The number of hydrogen-bond donors (Lipinski definition) is 0. The van der Waals surface area contributed by atoms with Gasteiger partial charge in [-0.15, -0.1) is 0 Å². The maximum Gasteiger partial charge on any atom is 0.155 e. The second-order valence-electron chi connectivity index (χ2n) is 2.74. The summed E-state index contributed by atoms with van der Waals surface area (Å²) in [5.74, 6) is 0. The molecule has 13 heavy (non-hydrogen) atoms. The van der Waals surface area contributed by atoms with E-state index in [4.69, 9.17) is 9.47 Å². The summed E-state index contributed by atoms with van der Waals surface area (Å²) in [4.78, 5) is 0. The minimum Gasteiger partial charge on any atom is -0.353 e. The largest absolute Gasteiger partial charge is 0.353 e. The molecule has 1 aromatic carbocycles. The third-order valence-corrected chi connectivity index (χ3v) is 1.68. The van der Waals surface area contributed by atoms with Crippen LogP contribution in [0.2, 0.25) is 0 Å². The smallest absolute Gasteiger partial charge is 0.155 e. The molecule has 2 heteroatoms. The fourth-order valence-corrected chi connectivity index (χ4v) is 1.00. The molecule has 0 aliphatic carbocycles. The molecule has 0 fully saturated rings. The van der Waals surface area contributed by atoms with Crippen molar-refractivity contribution in [3.05, 3.63) is 42.8 Å². The Labute approximate surface area is 79.5 Å². The van der Waals surface area contributed by atoms with E-state index in [-0.39, 0.29) is 6.29 Å². The maximum atomic E-state index is 5.41. The van der Waals surface area contributed by atoms with Gasteiger partial charge in [-0.2, -0.15) is 0 Å². The Morgan fingerprint density at radius 2 is 1.92 bits per heavy atom. The van der Waals surface area contributed by atoms with E-state index in [9.17, 15) is 0 Å². The van der Waals surface area contributed by atoms with Gasteiger partial charge in [0.05, 0.1) is 6.61 Å². The van der Waals surface area contributed by atoms with Crippen LogP contribution in [0.1, 0.15) is 12.5 Å². The Bertz CT molecular complexity index is 221. The van der Waals surface area contributed by atoms with Crippen molar-refractivity contribution in [1.82, 2.24) is 0 Å². The van der Waals surface area contributed by atoms with Gasteiger partial charge in [-0.3, -0.25) is 0 Å². The third-order valence-electron chi connectivity index (χ3n) is 1.68. The average molecular weight is 179 g/mol. The number of benzene rings is 1. The van der Waals surface area contributed by atoms with E-state index < -0.39 is 0 Å². The fraction of sp³-hybridized carbons (Fsp3) is 0.364. The van der Waals surface area contributed by atoms with Crippen LogP contribution in [0.4, 0.5) is 0 Å². The van der Waals surface area contributed by atoms with Gasteiger partial charge in [0, 0.05) is 6.61 Å². The van der Waals surface area contributed by atoms with Crippen LogP contribution in [0.25, 0.3) is 0 Å². The van der Waals surface area contributed by atoms with Crippen molar-refractivity contribution in [1.29, 1.82) is 0 Å². The molecule has 1 rings (SSSR count). The molecule has 2 nitrogen and oxygen atoms in total.